The summed E-state index contributed by atoms with van der Waals surface area (Å²) in [6.45, 7) is 4.40. The second kappa shape index (κ2) is 3.26. The fraction of sp³-hybridized carbons (Fsp3) is 0.900. The summed E-state index contributed by atoms with van der Waals surface area (Å²) in [7, 11) is 0. The van der Waals surface area contributed by atoms with Crippen LogP contribution in [0.15, 0.2) is 0 Å². The summed E-state index contributed by atoms with van der Waals surface area (Å²) in [5, 5.41) is 9.01. The zero-order valence-electron chi connectivity index (χ0n) is 7.56. The molecule has 0 heterocycles. The molecule has 62 valence electrons. The van der Waals surface area contributed by atoms with E-state index in [1.165, 1.54) is 12.8 Å². The quantitative estimate of drug-likeness (QED) is 0.565. The highest BCUT2D eigenvalue weighted by Crippen LogP contribution is 2.40. The monoisotopic (exact) mass is 151 g/mol. The molecular weight excluding hydrogens is 134 g/mol. The standard InChI is InChI=1S/C10H17N/c1-3-10(8-11)6-4-5-9(2)7-10/h9H,3-7H2,1-2H3/t9-,10?/m1/s1. The van der Waals surface area contributed by atoms with Crippen LogP contribution in [0, 0.1) is 22.7 Å². The van der Waals surface area contributed by atoms with Crippen LogP contribution in [0.1, 0.15) is 46.0 Å². The van der Waals surface area contributed by atoms with Crippen LogP contribution in [0.3, 0.4) is 0 Å². The molecule has 0 N–H and O–H groups in total. The molecule has 2 atom stereocenters. The van der Waals surface area contributed by atoms with Gasteiger partial charge in [0.2, 0.25) is 0 Å². The average Bonchev–Trinajstić information content (AvgIpc) is 2.04. The summed E-state index contributed by atoms with van der Waals surface area (Å²) < 4.78 is 0. The summed E-state index contributed by atoms with van der Waals surface area (Å²) in [6, 6.07) is 2.50. The predicted molar refractivity (Wildman–Crippen MR) is 46.0 cm³/mol. The van der Waals surface area contributed by atoms with Crippen LogP contribution in [0.5, 0.6) is 0 Å². The maximum absolute atomic E-state index is 9.01. The van der Waals surface area contributed by atoms with Gasteiger partial charge < -0.3 is 0 Å². The molecule has 0 radical (unpaired) electrons. The summed E-state index contributed by atoms with van der Waals surface area (Å²) in [6.07, 6.45) is 5.87. The van der Waals surface area contributed by atoms with E-state index in [4.69, 9.17) is 5.26 Å². The molecule has 0 aromatic heterocycles. The first-order valence-electron chi connectivity index (χ1n) is 4.64. The van der Waals surface area contributed by atoms with Crippen molar-refractivity contribution in [3.63, 3.8) is 0 Å². The molecule has 1 aliphatic carbocycles. The second-order valence-electron chi connectivity index (χ2n) is 3.95. The molecule has 1 nitrogen and oxygen atoms in total. The normalized spacial score (nSPS) is 38.1. The van der Waals surface area contributed by atoms with E-state index < -0.39 is 0 Å². The topological polar surface area (TPSA) is 23.8 Å². The molecule has 0 spiro atoms. The van der Waals surface area contributed by atoms with Gasteiger partial charge >= 0.3 is 0 Å². The molecule has 1 fully saturated rings. The molecular formula is C10H17N. The highest BCUT2D eigenvalue weighted by atomic mass is 14.4. The third kappa shape index (κ3) is 1.74. The maximum atomic E-state index is 9.01. The molecule has 0 amide bonds. The SMILES string of the molecule is CCC1(C#N)CCC[C@@H](C)C1. The van der Waals surface area contributed by atoms with Crippen molar-refractivity contribution in [3.8, 4) is 6.07 Å². The Balaban J connectivity index is 2.62. The van der Waals surface area contributed by atoms with E-state index in [0.717, 1.165) is 25.2 Å². The van der Waals surface area contributed by atoms with Crippen LogP contribution >= 0.6 is 0 Å². The van der Waals surface area contributed by atoms with E-state index in [-0.39, 0.29) is 5.41 Å². The first-order valence-corrected chi connectivity index (χ1v) is 4.64. The number of nitriles is 1. The van der Waals surface area contributed by atoms with Crippen LogP contribution in [0.4, 0.5) is 0 Å². The molecule has 0 aromatic carbocycles. The van der Waals surface area contributed by atoms with Crippen LogP contribution in [0.25, 0.3) is 0 Å². The molecule has 0 bridgehead atoms. The molecule has 1 heteroatoms. The molecule has 0 saturated heterocycles. The lowest BCUT2D eigenvalue weighted by molar-refractivity contribution is 0.204. The first-order chi connectivity index (χ1) is 5.22. The first kappa shape index (κ1) is 8.59. The van der Waals surface area contributed by atoms with Crippen molar-refractivity contribution < 1.29 is 0 Å². The van der Waals surface area contributed by atoms with Gasteiger partial charge in [0.1, 0.15) is 0 Å². The van der Waals surface area contributed by atoms with Crippen molar-refractivity contribution in [2.75, 3.05) is 0 Å². The third-order valence-electron chi connectivity index (χ3n) is 3.01. The summed E-state index contributed by atoms with van der Waals surface area (Å²) in [5.74, 6) is 0.767. The van der Waals surface area contributed by atoms with Gasteiger partial charge in [-0.1, -0.05) is 26.7 Å². The number of nitrogens with zero attached hydrogens (tertiary/aromatic N) is 1. The van der Waals surface area contributed by atoms with E-state index in [0.29, 0.717) is 0 Å². The number of rotatable bonds is 1. The van der Waals surface area contributed by atoms with Crippen molar-refractivity contribution in [2.24, 2.45) is 11.3 Å². The van der Waals surface area contributed by atoms with Crippen LogP contribution in [0.2, 0.25) is 0 Å². The summed E-state index contributed by atoms with van der Waals surface area (Å²) in [4.78, 5) is 0. The smallest absolute Gasteiger partial charge is 0.0689 e. The summed E-state index contributed by atoms with van der Waals surface area (Å²) >= 11 is 0. The Kier molecular flexibility index (Phi) is 2.54. The Bertz CT molecular complexity index is 168. The molecule has 1 unspecified atom stereocenters. The Labute approximate surface area is 69.4 Å². The van der Waals surface area contributed by atoms with Crippen molar-refractivity contribution in [1.29, 1.82) is 5.26 Å². The van der Waals surface area contributed by atoms with E-state index >= 15 is 0 Å². The third-order valence-corrected chi connectivity index (χ3v) is 3.01. The molecule has 11 heavy (non-hydrogen) atoms. The van der Waals surface area contributed by atoms with E-state index in [1.807, 2.05) is 0 Å². The van der Waals surface area contributed by atoms with Gasteiger partial charge in [-0.25, -0.2) is 0 Å². The minimum Gasteiger partial charge on any atom is -0.198 e. The minimum absolute atomic E-state index is 0.0394. The second-order valence-corrected chi connectivity index (χ2v) is 3.95. The Morgan fingerprint density at radius 3 is 2.73 bits per heavy atom. The molecule has 0 aliphatic heterocycles. The van der Waals surface area contributed by atoms with Gasteiger partial charge in [-0.15, -0.1) is 0 Å². The highest BCUT2D eigenvalue weighted by Gasteiger charge is 2.32. The van der Waals surface area contributed by atoms with Crippen molar-refractivity contribution in [2.45, 2.75) is 46.0 Å². The fourth-order valence-electron chi connectivity index (χ4n) is 2.16. The van der Waals surface area contributed by atoms with Crippen molar-refractivity contribution >= 4 is 0 Å². The zero-order chi connectivity index (χ0) is 8.32. The Morgan fingerprint density at radius 1 is 1.64 bits per heavy atom. The lowest BCUT2D eigenvalue weighted by Crippen LogP contribution is -2.25. The Morgan fingerprint density at radius 2 is 2.36 bits per heavy atom. The largest absolute Gasteiger partial charge is 0.198 e. The van der Waals surface area contributed by atoms with E-state index in [9.17, 15) is 0 Å². The van der Waals surface area contributed by atoms with Gasteiger partial charge in [-0.3, -0.25) is 0 Å². The van der Waals surface area contributed by atoms with Crippen LogP contribution in [-0.2, 0) is 0 Å². The van der Waals surface area contributed by atoms with Gasteiger partial charge in [-0.2, -0.15) is 5.26 Å². The van der Waals surface area contributed by atoms with Gasteiger partial charge in [0, 0.05) is 0 Å². The molecule has 1 aliphatic rings. The average molecular weight is 151 g/mol. The molecule has 1 saturated carbocycles. The summed E-state index contributed by atoms with van der Waals surface area (Å²) in [5.41, 5.74) is 0.0394. The number of hydrogen-bond acceptors (Lipinski definition) is 1. The Hall–Kier alpha value is -0.510. The van der Waals surface area contributed by atoms with Gasteiger partial charge in [0.05, 0.1) is 11.5 Å². The van der Waals surface area contributed by atoms with Crippen molar-refractivity contribution in [3.05, 3.63) is 0 Å². The highest BCUT2D eigenvalue weighted by molar-refractivity contribution is 5.00. The van der Waals surface area contributed by atoms with Gasteiger partial charge in [-0.05, 0) is 25.2 Å². The van der Waals surface area contributed by atoms with E-state index in [1.54, 1.807) is 0 Å². The lowest BCUT2D eigenvalue weighted by Gasteiger charge is -2.33. The predicted octanol–water partition coefficient (Wildman–Crippen LogP) is 3.12. The van der Waals surface area contributed by atoms with Gasteiger partial charge in [0.15, 0.2) is 0 Å². The zero-order valence-corrected chi connectivity index (χ0v) is 7.56. The minimum atomic E-state index is 0.0394. The molecule has 1 rings (SSSR count). The van der Waals surface area contributed by atoms with Crippen LogP contribution in [-0.4, -0.2) is 0 Å². The fourth-order valence-corrected chi connectivity index (χ4v) is 2.16. The molecule has 0 aromatic rings. The van der Waals surface area contributed by atoms with Crippen molar-refractivity contribution in [1.82, 2.24) is 0 Å². The lowest BCUT2D eigenvalue weighted by atomic mass is 9.69. The maximum Gasteiger partial charge on any atom is 0.0689 e. The van der Waals surface area contributed by atoms with Gasteiger partial charge in [0.25, 0.3) is 0 Å². The van der Waals surface area contributed by atoms with E-state index in [2.05, 4.69) is 19.9 Å². The number of hydrogen-bond donors (Lipinski definition) is 0. The van der Waals surface area contributed by atoms with Crippen LogP contribution < -0.4 is 0 Å².